The second kappa shape index (κ2) is 13.0. The van der Waals surface area contributed by atoms with Gasteiger partial charge in [0.2, 0.25) is 0 Å². The molecule has 0 fully saturated rings. The van der Waals surface area contributed by atoms with Crippen LogP contribution in [0.2, 0.25) is 0 Å². The Morgan fingerprint density at radius 1 is 1.06 bits per heavy atom. The summed E-state index contributed by atoms with van der Waals surface area (Å²) in [5, 5.41) is 0. The fraction of sp³-hybridized carbons (Fsp3) is 0.867. The maximum Gasteiger partial charge on any atom is -0.00265 e. The Morgan fingerprint density at radius 3 is 2.12 bits per heavy atom. The zero-order valence-electron chi connectivity index (χ0n) is 11.6. The third-order valence-electron chi connectivity index (χ3n) is 3.14. The Kier molecular flexibility index (Phi) is 13.4. The number of hydrogen-bond donors (Lipinski definition) is 1. The Morgan fingerprint density at radius 2 is 1.59 bits per heavy atom. The van der Waals surface area contributed by atoms with Crippen LogP contribution in [0.15, 0.2) is 10.6 Å². The van der Waals surface area contributed by atoms with E-state index in [1.54, 1.807) is 0 Å². The highest BCUT2D eigenvalue weighted by Crippen LogP contribution is 2.20. The zero-order valence-corrected chi connectivity index (χ0v) is 14.0. The van der Waals surface area contributed by atoms with Crippen LogP contribution in [0.5, 0.6) is 0 Å². The summed E-state index contributed by atoms with van der Waals surface area (Å²) in [4.78, 5) is 0. The van der Waals surface area contributed by atoms with E-state index in [4.69, 9.17) is 0 Å². The Balaban J connectivity index is 3.28. The molecule has 0 saturated heterocycles. The summed E-state index contributed by atoms with van der Waals surface area (Å²) in [5.41, 5.74) is 0. The van der Waals surface area contributed by atoms with Crippen LogP contribution in [0.1, 0.15) is 71.6 Å². The van der Waals surface area contributed by atoms with Crippen LogP contribution in [0.25, 0.3) is 0 Å². The lowest BCUT2D eigenvalue weighted by molar-refractivity contribution is 0.577. The van der Waals surface area contributed by atoms with Crippen molar-refractivity contribution >= 4 is 28.6 Å². The monoisotopic (exact) mass is 320 g/mol. The molecule has 0 heterocycles. The van der Waals surface area contributed by atoms with Gasteiger partial charge >= 0.3 is 0 Å². The van der Waals surface area contributed by atoms with Crippen LogP contribution in [0.4, 0.5) is 0 Å². The van der Waals surface area contributed by atoms with E-state index in [0.717, 1.165) is 5.75 Å². The summed E-state index contributed by atoms with van der Waals surface area (Å²) in [7, 11) is 0. The largest absolute Gasteiger partial charge is 0.179 e. The predicted octanol–water partition coefficient (Wildman–Crippen LogP) is 6.36. The van der Waals surface area contributed by atoms with Gasteiger partial charge in [-0.2, -0.15) is 12.6 Å². The predicted molar refractivity (Wildman–Crippen MR) is 87.3 cm³/mol. The van der Waals surface area contributed by atoms with Gasteiger partial charge in [-0.3, -0.25) is 0 Å². The first-order valence-electron chi connectivity index (χ1n) is 7.18. The summed E-state index contributed by atoms with van der Waals surface area (Å²) in [6.07, 6.45) is 14.7. The van der Waals surface area contributed by atoms with Crippen molar-refractivity contribution < 1.29 is 0 Å². The second-order valence-corrected chi connectivity index (χ2v) is 6.22. The molecule has 0 aromatic carbocycles. The number of unbranched alkanes of at least 4 members (excludes halogenated alkanes) is 8. The maximum atomic E-state index is 4.30. The van der Waals surface area contributed by atoms with Gasteiger partial charge in [0, 0.05) is 0 Å². The average Bonchev–Trinajstić information content (AvgIpc) is 2.35. The number of halogens is 1. The van der Waals surface area contributed by atoms with E-state index < -0.39 is 0 Å². The van der Waals surface area contributed by atoms with Crippen LogP contribution in [0, 0.1) is 5.92 Å². The molecule has 0 bridgehead atoms. The lowest BCUT2D eigenvalue weighted by Crippen LogP contribution is -1.94. The van der Waals surface area contributed by atoms with Gasteiger partial charge in [0.25, 0.3) is 0 Å². The van der Waals surface area contributed by atoms with Gasteiger partial charge in [-0.05, 0) is 29.0 Å². The number of thiol groups is 1. The molecule has 0 aromatic rings. The van der Waals surface area contributed by atoms with Gasteiger partial charge in [0.1, 0.15) is 0 Å². The molecule has 0 spiro atoms. The van der Waals surface area contributed by atoms with Crippen molar-refractivity contribution in [3.63, 3.8) is 0 Å². The molecule has 0 aliphatic heterocycles. The quantitative estimate of drug-likeness (QED) is 0.332. The highest BCUT2D eigenvalue weighted by atomic mass is 79.9. The molecule has 0 aliphatic carbocycles. The lowest BCUT2D eigenvalue weighted by atomic mass is 10.1. The average molecular weight is 321 g/mol. The van der Waals surface area contributed by atoms with Crippen LogP contribution in [0.3, 0.4) is 0 Å². The van der Waals surface area contributed by atoms with Crippen molar-refractivity contribution in [2.24, 2.45) is 5.92 Å². The molecule has 17 heavy (non-hydrogen) atoms. The third-order valence-corrected chi connectivity index (χ3v) is 4.79. The summed E-state index contributed by atoms with van der Waals surface area (Å²) in [6.45, 7) is 4.48. The first-order chi connectivity index (χ1) is 8.22. The normalized spacial score (nSPS) is 14.0. The molecule has 1 atom stereocenters. The molecule has 0 amide bonds. The summed E-state index contributed by atoms with van der Waals surface area (Å²) >= 11 is 7.93. The molecule has 2 heteroatoms. The molecule has 0 nitrogen and oxygen atoms in total. The first-order valence-corrected chi connectivity index (χ1v) is 8.61. The van der Waals surface area contributed by atoms with Crippen LogP contribution < -0.4 is 0 Å². The van der Waals surface area contributed by atoms with Gasteiger partial charge < -0.3 is 0 Å². The minimum atomic E-state index is 0.562. The number of allylic oxidation sites excluding steroid dienone is 2. The van der Waals surface area contributed by atoms with Crippen molar-refractivity contribution in [2.75, 3.05) is 5.75 Å². The Bertz CT molecular complexity index is 189. The van der Waals surface area contributed by atoms with Crippen molar-refractivity contribution in [3.05, 3.63) is 10.6 Å². The second-order valence-electron chi connectivity index (χ2n) is 4.94. The van der Waals surface area contributed by atoms with E-state index in [1.165, 1.54) is 62.3 Å². The lowest BCUT2D eigenvalue weighted by Gasteiger charge is -2.06. The summed E-state index contributed by atoms with van der Waals surface area (Å²) < 4.78 is 1.33. The summed E-state index contributed by atoms with van der Waals surface area (Å²) in [6, 6.07) is 0. The molecule has 0 aromatic heterocycles. The molecule has 0 aliphatic rings. The van der Waals surface area contributed by atoms with Gasteiger partial charge in [0.05, 0.1) is 0 Å². The van der Waals surface area contributed by atoms with Gasteiger partial charge in [-0.1, -0.05) is 80.8 Å². The maximum absolute atomic E-state index is 4.30. The van der Waals surface area contributed by atoms with E-state index in [-0.39, 0.29) is 0 Å². The van der Waals surface area contributed by atoms with E-state index >= 15 is 0 Å². The molecule has 0 N–H and O–H groups in total. The highest BCUT2D eigenvalue weighted by molar-refractivity contribution is 9.11. The van der Waals surface area contributed by atoms with Crippen molar-refractivity contribution in [3.8, 4) is 0 Å². The highest BCUT2D eigenvalue weighted by Gasteiger charge is 2.01. The smallest absolute Gasteiger partial charge is 0.00265 e. The van der Waals surface area contributed by atoms with Gasteiger partial charge in [0.15, 0.2) is 0 Å². The first kappa shape index (κ1) is 17.6. The minimum absolute atomic E-state index is 0.562. The standard InChI is InChI=1S/C15H29BrS/c1-3-4-5-6-7-8-9-10-11-12-15(16)14(2)13-17/h12,14,17H,3-11,13H2,1-2H3/b15-12+. The fourth-order valence-electron chi connectivity index (χ4n) is 1.81. The van der Waals surface area contributed by atoms with Gasteiger partial charge in [-0.25, -0.2) is 0 Å². The van der Waals surface area contributed by atoms with E-state index in [9.17, 15) is 0 Å². The number of rotatable bonds is 11. The SMILES string of the molecule is CCCCCCCCCC/C=C(/Br)C(C)CS. The van der Waals surface area contributed by atoms with Crippen LogP contribution in [-0.4, -0.2) is 5.75 Å². The van der Waals surface area contributed by atoms with Crippen molar-refractivity contribution in [2.45, 2.75) is 71.6 Å². The fourth-order valence-corrected chi connectivity index (χ4v) is 2.64. The van der Waals surface area contributed by atoms with E-state index in [0.29, 0.717) is 5.92 Å². The summed E-state index contributed by atoms with van der Waals surface area (Å²) in [5.74, 6) is 1.49. The zero-order chi connectivity index (χ0) is 12.9. The molecule has 0 saturated carbocycles. The van der Waals surface area contributed by atoms with E-state index in [2.05, 4.69) is 48.5 Å². The van der Waals surface area contributed by atoms with Crippen LogP contribution in [-0.2, 0) is 0 Å². The molecule has 1 unspecified atom stereocenters. The van der Waals surface area contributed by atoms with Gasteiger partial charge in [-0.15, -0.1) is 0 Å². The molecule has 0 rings (SSSR count). The Hall–Kier alpha value is 0.570. The Labute approximate surface area is 122 Å². The topological polar surface area (TPSA) is 0 Å². The van der Waals surface area contributed by atoms with Crippen molar-refractivity contribution in [1.82, 2.24) is 0 Å². The molecule has 102 valence electrons. The van der Waals surface area contributed by atoms with Crippen LogP contribution >= 0.6 is 28.6 Å². The van der Waals surface area contributed by atoms with Crippen molar-refractivity contribution in [1.29, 1.82) is 0 Å². The minimum Gasteiger partial charge on any atom is -0.179 e. The molecule has 0 radical (unpaired) electrons. The number of hydrogen-bond acceptors (Lipinski definition) is 1. The third kappa shape index (κ3) is 11.4. The van der Waals surface area contributed by atoms with E-state index in [1.807, 2.05) is 0 Å². The molecular weight excluding hydrogens is 292 g/mol. The molecular formula is C15H29BrS.